The molecule has 5 nitrogen and oxygen atoms in total. The van der Waals surface area contributed by atoms with Gasteiger partial charge in [-0.3, -0.25) is 19.3 Å². The Kier molecular flexibility index (Phi) is 6.49. The largest absolute Gasteiger partial charge is 0.352 e. The van der Waals surface area contributed by atoms with Crippen LogP contribution in [0.15, 0.2) is 11.1 Å². The van der Waals surface area contributed by atoms with Crippen LogP contribution in [0.2, 0.25) is 0 Å². The zero-order chi connectivity index (χ0) is 17.7. The number of allylic oxidation sites excluding steroid dienone is 1. The van der Waals surface area contributed by atoms with E-state index < -0.39 is 5.41 Å². The zero-order valence-corrected chi connectivity index (χ0v) is 15.7. The van der Waals surface area contributed by atoms with Crippen LogP contribution in [-0.2, 0) is 14.4 Å². The number of carbonyl (C=O) groups excluding carboxylic acids is 3. The van der Waals surface area contributed by atoms with Crippen LogP contribution in [0, 0.1) is 5.41 Å². The molecule has 1 saturated carbocycles. The van der Waals surface area contributed by atoms with Crippen molar-refractivity contribution in [2.45, 2.75) is 65.3 Å². The van der Waals surface area contributed by atoms with Gasteiger partial charge in [0, 0.05) is 17.5 Å². The number of thioether (sulfide) groups is 1. The Morgan fingerprint density at radius 3 is 2.42 bits per heavy atom. The molecule has 1 saturated heterocycles. The first-order chi connectivity index (χ1) is 11.3. The highest BCUT2D eigenvalue weighted by molar-refractivity contribution is 8.04. The molecule has 24 heavy (non-hydrogen) atoms. The number of carbonyl (C=O) groups is 3. The second kappa shape index (κ2) is 8.19. The second-order valence-corrected chi connectivity index (χ2v) is 8.62. The Bertz CT molecular complexity index is 529. The first-order valence-electron chi connectivity index (χ1n) is 8.76. The third kappa shape index (κ3) is 5.36. The smallest absolute Gasteiger partial charge is 0.240 e. The van der Waals surface area contributed by atoms with Crippen LogP contribution in [0.1, 0.15) is 59.3 Å². The monoisotopic (exact) mass is 352 g/mol. The molecule has 134 valence electrons. The number of hydrogen-bond acceptors (Lipinski definition) is 4. The van der Waals surface area contributed by atoms with E-state index in [-0.39, 0.29) is 30.2 Å². The summed E-state index contributed by atoms with van der Waals surface area (Å²) in [5, 5.41) is 3.65. The van der Waals surface area contributed by atoms with Crippen molar-refractivity contribution in [3.05, 3.63) is 11.1 Å². The number of nitrogens with zero attached hydrogens (tertiary/aromatic N) is 1. The van der Waals surface area contributed by atoms with Crippen LogP contribution in [0.25, 0.3) is 0 Å². The molecule has 1 aliphatic carbocycles. The summed E-state index contributed by atoms with van der Waals surface area (Å²) in [7, 11) is 0. The van der Waals surface area contributed by atoms with Crippen molar-refractivity contribution in [1.29, 1.82) is 0 Å². The van der Waals surface area contributed by atoms with Crippen molar-refractivity contribution >= 4 is 29.4 Å². The lowest BCUT2D eigenvalue weighted by atomic mass is 9.91. The second-order valence-electron chi connectivity index (χ2n) is 7.62. The van der Waals surface area contributed by atoms with E-state index >= 15 is 0 Å². The van der Waals surface area contributed by atoms with Gasteiger partial charge in [0.2, 0.25) is 11.8 Å². The molecule has 0 bridgehead atoms. The lowest BCUT2D eigenvalue weighted by molar-refractivity contribution is -0.131. The number of amides is 2. The van der Waals surface area contributed by atoms with Gasteiger partial charge in [0.05, 0.1) is 10.8 Å². The number of hydrogen-bond donors (Lipinski definition) is 1. The predicted octanol–water partition coefficient (Wildman–Crippen LogP) is 2.86. The average molecular weight is 353 g/mol. The molecule has 0 aromatic heterocycles. The van der Waals surface area contributed by atoms with Crippen molar-refractivity contribution in [1.82, 2.24) is 10.2 Å². The molecule has 0 radical (unpaired) electrons. The third-order valence-corrected chi connectivity index (χ3v) is 5.45. The summed E-state index contributed by atoms with van der Waals surface area (Å²) in [5.74, 6) is 0.0182. The van der Waals surface area contributed by atoms with E-state index in [4.69, 9.17) is 0 Å². The van der Waals surface area contributed by atoms with Crippen molar-refractivity contribution in [2.75, 3.05) is 12.3 Å². The fraction of sp³-hybridized carbons (Fsp3) is 0.722. The van der Waals surface area contributed by atoms with E-state index in [1.54, 1.807) is 0 Å². The first-order valence-corrected chi connectivity index (χ1v) is 9.74. The zero-order valence-electron chi connectivity index (χ0n) is 14.9. The highest BCUT2D eigenvalue weighted by Crippen LogP contribution is 2.30. The summed E-state index contributed by atoms with van der Waals surface area (Å²) in [6, 6.07) is 0.217. The summed E-state index contributed by atoms with van der Waals surface area (Å²) in [5.41, 5.74) is -0.493. The van der Waals surface area contributed by atoms with Crippen molar-refractivity contribution in [3.63, 3.8) is 0 Å². The van der Waals surface area contributed by atoms with Crippen molar-refractivity contribution in [2.24, 2.45) is 5.41 Å². The highest BCUT2D eigenvalue weighted by Gasteiger charge is 2.31. The normalized spacial score (nSPS) is 21.9. The minimum Gasteiger partial charge on any atom is -0.352 e. The summed E-state index contributed by atoms with van der Waals surface area (Å²) in [6.45, 7) is 5.54. The molecule has 6 heteroatoms. The SMILES string of the molecule is CC(C)(C)C(=O)/C=C1/SCC(=O)N1CC(=O)NC1CCCCCC1. The standard InChI is InChI=1S/C18H28N2O3S/c1-18(2,3)14(21)10-17-20(16(23)12-24-17)11-15(22)19-13-8-6-4-5-7-9-13/h10,13H,4-9,11-12H2,1-3H3,(H,19,22)/b17-10+. The third-order valence-electron chi connectivity index (χ3n) is 4.43. The van der Waals surface area contributed by atoms with Crippen molar-refractivity contribution < 1.29 is 14.4 Å². The Labute approximate surface area is 148 Å². The van der Waals surface area contributed by atoms with Crippen LogP contribution < -0.4 is 5.32 Å². The molecular weight excluding hydrogens is 324 g/mol. The van der Waals surface area contributed by atoms with Gasteiger partial charge in [-0.15, -0.1) is 0 Å². The van der Waals surface area contributed by atoms with Gasteiger partial charge in [-0.05, 0) is 12.8 Å². The quantitative estimate of drug-likeness (QED) is 0.624. The van der Waals surface area contributed by atoms with Gasteiger partial charge in [-0.2, -0.15) is 0 Å². The Morgan fingerprint density at radius 2 is 1.83 bits per heavy atom. The Hall–Kier alpha value is -1.30. The first kappa shape index (κ1) is 19.0. The summed E-state index contributed by atoms with van der Waals surface area (Å²) in [4.78, 5) is 38.0. The molecule has 1 N–H and O–H groups in total. The van der Waals surface area contributed by atoms with Gasteiger partial charge >= 0.3 is 0 Å². The molecule has 1 aliphatic heterocycles. The Balaban J connectivity index is 1.97. The van der Waals surface area contributed by atoms with Crippen LogP contribution in [0.4, 0.5) is 0 Å². The fourth-order valence-corrected chi connectivity index (χ4v) is 3.81. The van der Waals surface area contributed by atoms with Crippen LogP contribution >= 0.6 is 11.8 Å². The Morgan fingerprint density at radius 1 is 1.21 bits per heavy atom. The van der Waals surface area contributed by atoms with E-state index in [1.807, 2.05) is 20.8 Å². The molecule has 2 amide bonds. The molecule has 0 aromatic carbocycles. The lowest BCUT2D eigenvalue weighted by Crippen LogP contribution is -2.42. The molecule has 0 spiro atoms. The van der Waals surface area contributed by atoms with Gasteiger partial charge in [0.15, 0.2) is 5.78 Å². The molecule has 0 unspecified atom stereocenters. The van der Waals surface area contributed by atoms with Gasteiger partial charge in [-0.1, -0.05) is 58.2 Å². The summed E-state index contributed by atoms with van der Waals surface area (Å²) >= 11 is 1.33. The minimum atomic E-state index is -0.493. The summed E-state index contributed by atoms with van der Waals surface area (Å²) < 4.78 is 0. The highest BCUT2D eigenvalue weighted by atomic mass is 32.2. The maximum absolute atomic E-state index is 12.3. The van der Waals surface area contributed by atoms with E-state index in [0.29, 0.717) is 10.8 Å². The number of nitrogens with one attached hydrogen (secondary N) is 1. The lowest BCUT2D eigenvalue weighted by Gasteiger charge is -2.21. The summed E-state index contributed by atoms with van der Waals surface area (Å²) in [6.07, 6.45) is 8.29. The van der Waals surface area contributed by atoms with E-state index in [1.165, 1.54) is 35.6 Å². The molecule has 2 fully saturated rings. The average Bonchev–Trinajstić information content (AvgIpc) is 2.70. The maximum Gasteiger partial charge on any atom is 0.240 e. The number of ketones is 1. The van der Waals surface area contributed by atoms with Gasteiger partial charge in [0.1, 0.15) is 6.54 Å². The van der Waals surface area contributed by atoms with E-state index in [2.05, 4.69) is 5.32 Å². The van der Waals surface area contributed by atoms with Crippen LogP contribution in [-0.4, -0.2) is 40.8 Å². The van der Waals surface area contributed by atoms with Gasteiger partial charge in [0.25, 0.3) is 0 Å². The molecule has 2 aliphatic rings. The maximum atomic E-state index is 12.3. The van der Waals surface area contributed by atoms with Crippen LogP contribution in [0.5, 0.6) is 0 Å². The fourth-order valence-electron chi connectivity index (χ4n) is 2.87. The minimum absolute atomic E-state index is 0.00555. The van der Waals surface area contributed by atoms with Crippen molar-refractivity contribution in [3.8, 4) is 0 Å². The van der Waals surface area contributed by atoms with Gasteiger partial charge < -0.3 is 5.32 Å². The van der Waals surface area contributed by atoms with E-state index in [9.17, 15) is 14.4 Å². The van der Waals surface area contributed by atoms with Gasteiger partial charge in [-0.25, -0.2) is 0 Å². The van der Waals surface area contributed by atoms with Crippen LogP contribution in [0.3, 0.4) is 0 Å². The molecule has 2 rings (SSSR count). The molecule has 0 atom stereocenters. The molecule has 1 heterocycles. The number of rotatable bonds is 4. The predicted molar refractivity (Wildman–Crippen MR) is 96.3 cm³/mol. The molecule has 0 aromatic rings. The van der Waals surface area contributed by atoms with E-state index in [0.717, 1.165) is 25.7 Å². The molecular formula is C18H28N2O3S. The topological polar surface area (TPSA) is 66.5 Å².